The monoisotopic (exact) mass is 349 g/mol. The summed E-state index contributed by atoms with van der Waals surface area (Å²) in [5.41, 5.74) is 2.69. The zero-order chi connectivity index (χ0) is 14.5. The van der Waals surface area contributed by atoms with Crippen molar-refractivity contribution in [2.45, 2.75) is 6.92 Å². The van der Waals surface area contributed by atoms with E-state index < -0.39 is 0 Å². The van der Waals surface area contributed by atoms with E-state index in [1.165, 1.54) is 6.08 Å². The van der Waals surface area contributed by atoms with Gasteiger partial charge in [0.2, 0.25) is 0 Å². The summed E-state index contributed by atoms with van der Waals surface area (Å²) in [6, 6.07) is 12.7. The molecule has 0 aliphatic rings. The van der Waals surface area contributed by atoms with Crippen molar-refractivity contribution in [3.8, 4) is 0 Å². The van der Waals surface area contributed by atoms with Gasteiger partial charge in [-0.25, -0.2) is 0 Å². The molecule has 0 heterocycles. The molecule has 0 amide bonds. The van der Waals surface area contributed by atoms with Crippen LogP contribution in [0.3, 0.4) is 0 Å². The maximum absolute atomic E-state index is 11.9. The van der Waals surface area contributed by atoms with Gasteiger partial charge in [0.1, 0.15) is 0 Å². The van der Waals surface area contributed by atoms with Crippen LogP contribution in [0.2, 0.25) is 5.02 Å². The first-order chi connectivity index (χ1) is 9.56. The Labute approximate surface area is 131 Å². The number of carbonyl (C=O) groups is 1. The highest BCUT2D eigenvalue weighted by molar-refractivity contribution is 9.10. The van der Waals surface area contributed by atoms with Gasteiger partial charge in [0.05, 0.1) is 0 Å². The van der Waals surface area contributed by atoms with Crippen LogP contribution in [-0.2, 0) is 0 Å². The minimum atomic E-state index is -0.0691. The van der Waals surface area contributed by atoms with Crippen molar-refractivity contribution >= 4 is 39.0 Å². The quantitative estimate of drug-likeness (QED) is 0.605. The second kappa shape index (κ2) is 6.73. The van der Waals surface area contributed by atoms with Crippen LogP contribution in [-0.4, -0.2) is 5.78 Å². The fourth-order valence-corrected chi connectivity index (χ4v) is 2.11. The van der Waals surface area contributed by atoms with Crippen molar-refractivity contribution in [3.63, 3.8) is 0 Å². The summed E-state index contributed by atoms with van der Waals surface area (Å²) >= 11 is 9.25. The van der Waals surface area contributed by atoms with E-state index in [4.69, 9.17) is 11.6 Å². The molecule has 4 heteroatoms. The molecule has 0 aliphatic carbocycles. The molecule has 2 aromatic rings. The van der Waals surface area contributed by atoms with E-state index in [-0.39, 0.29) is 5.78 Å². The number of aryl methyl sites for hydroxylation is 1. The van der Waals surface area contributed by atoms with Gasteiger partial charge in [0, 0.05) is 33.0 Å². The Morgan fingerprint density at radius 1 is 1.20 bits per heavy atom. The Kier molecular flexibility index (Phi) is 4.99. The molecule has 0 bridgehead atoms. The maximum atomic E-state index is 11.9. The normalized spacial score (nSPS) is 10.8. The van der Waals surface area contributed by atoms with Gasteiger partial charge in [-0.15, -0.1) is 0 Å². The fraction of sp³-hybridized carbons (Fsp3) is 0.0625. The zero-order valence-electron chi connectivity index (χ0n) is 10.9. The molecule has 2 aromatic carbocycles. The van der Waals surface area contributed by atoms with Crippen LogP contribution in [0.5, 0.6) is 0 Å². The highest BCUT2D eigenvalue weighted by Gasteiger charge is 2.01. The highest BCUT2D eigenvalue weighted by atomic mass is 79.9. The molecule has 2 rings (SSSR count). The molecule has 0 aliphatic heterocycles. The van der Waals surface area contributed by atoms with Crippen LogP contribution in [0.15, 0.2) is 59.2 Å². The maximum Gasteiger partial charge on any atom is 0.187 e. The average molecular weight is 351 g/mol. The second-order valence-corrected chi connectivity index (χ2v) is 5.60. The van der Waals surface area contributed by atoms with Gasteiger partial charge in [-0.1, -0.05) is 33.6 Å². The van der Waals surface area contributed by atoms with E-state index in [1.54, 1.807) is 30.5 Å². The van der Waals surface area contributed by atoms with Crippen LogP contribution in [0, 0.1) is 6.92 Å². The topological polar surface area (TPSA) is 29.1 Å². The second-order valence-electron chi connectivity index (χ2n) is 4.31. The lowest BCUT2D eigenvalue weighted by Gasteiger charge is -2.03. The Bertz CT molecular complexity index is 650. The number of hydrogen-bond donors (Lipinski definition) is 1. The predicted molar refractivity (Wildman–Crippen MR) is 87.4 cm³/mol. The molecule has 0 fully saturated rings. The number of carbonyl (C=O) groups excluding carboxylic acids is 1. The van der Waals surface area contributed by atoms with Crippen molar-refractivity contribution in [1.82, 2.24) is 0 Å². The third-order valence-electron chi connectivity index (χ3n) is 2.79. The van der Waals surface area contributed by atoms with Gasteiger partial charge in [-0.3, -0.25) is 4.79 Å². The first kappa shape index (κ1) is 14.8. The zero-order valence-corrected chi connectivity index (χ0v) is 13.2. The molecule has 0 atom stereocenters. The van der Waals surface area contributed by atoms with Gasteiger partial charge in [-0.2, -0.15) is 0 Å². The minimum Gasteiger partial charge on any atom is -0.362 e. The molecule has 1 N–H and O–H groups in total. The van der Waals surface area contributed by atoms with Crippen molar-refractivity contribution in [3.05, 3.63) is 75.4 Å². The van der Waals surface area contributed by atoms with Crippen molar-refractivity contribution in [2.24, 2.45) is 0 Å². The van der Waals surface area contributed by atoms with E-state index in [1.807, 2.05) is 25.1 Å². The molecule has 0 unspecified atom stereocenters. The molecule has 0 saturated heterocycles. The van der Waals surface area contributed by atoms with Crippen molar-refractivity contribution in [2.75, 3.05) is 5.32 Å². The van der Waals surface area contributed by atoms with Crippen LogP contribution >= 0.6 is 27.5 Å². The van der Waals surface area contributed by atoms with Gasteiger partial charge in [0.25, 0.3) is 0 Å². The first-order valence-corrected chi connectivity index (χ1v) is 7.22. The molecular formula is C16H13BrClNO. The van der Waals surface area contributed by atoms with Crippen molar-refractivity contribution < 1.29 is 4.79 Å². The van der Waals surface area contributed by atoms with Gasteiger partial charge < -0.3 is 5.32 Å². The summed E-state index contributed by atoms with van der Waals surface area (Å²) in [7, 11) is 0. The summed E-state index contributed by atoms with van der Waals surface area (Å²) in [6.45, 7) is 2.02. The van der Waals surface area contributed by atoms with Gasteiger partial charge in [-0.05, 0) is 48.9 Å². The SMILES string of the molecule is Cc1ccc(N/C=C\C(=O)c2ccc(Cl)cc2)cc1Br. The number of rotatable bonds is 4. The summed E-state index contributed by atoms with van der Waals surface area (Å²) in [5, 5.41) is 3.69. The molecule has 0 saturated carbocycles. The van der Waals surface area contributed by atoms with E-state index >= 15 is 0 Å². The standard InChI is InChI=1S/C16H13BrClNO/c1-11-2-7-14(10-15(11)17)19-9-8-16(20)12-3-5-13(18)6-4-12/h2-10,19H,1H3/b9-8-. The highest BCUT2D eigenvalue weighted by Crippen LogP contribution is 2.20. The third-order valence-corrected chi connectivity index (χ3v) is 3.89. The molecular weight excluding hydrogens is 338 g/mol. The lowest BCUT2D eigenvalue weighted by atomic mass is 10.1. The Hall–Kier alpha value is -1.58. The Balaban J connectivity index is 2.00. The summed E-state index contributed by atoms with van der Waals surface area (Å²) in [6.07, 6.45) is 3.13. The van der Waals surface area contributed by atoms with Crippen LogP contribution in [0.1, 0.15) is 15.9 Å². The number of hydrogen-bond acceptors (Lipinski definition) is 2. The number of ketones is 1. The third kappa shape index (κ3) is 3.95. The first-order valence-electron chi connectivity index (χ1n) is 6.05. The molecule has 0 aromatic heterocycles. The molecule has 0 spiro atoms. The van der Waals surface area contributed by atoms with Crippen LogP contribution in [0.25, 0.3) is 0 Å². The number of nitrogens with one attached hydrogen (secondary N) is 1. The fourth-order valence-electron chi connectivity index (χ4n) is 1.61. The van der Waals surface area contributed by atoms with Crippen LogP contribution < -0.4 is 5.32 Å². The number of allylic oxidation sites excluding steroid dienone is 1. The number of halogens is 2. The molecule has 20 heavy (non-hydrogen) atoms. The van der Waals surface area contributed by atoms with E-state index in [0.717, 1.165) is 15.7 Å². The average Bonchev–Trinajstić information content (AvgIpc) is 2.43. The summed E-state index contributed by atoms with van der Waals surface area (Å²) in [5.74, 6) is -0.0691. The Morgan fingerprint density at radius 3 is 2.55 bits per heavy atom. The van der Waals surface area contributed by atoms with Crippen LogP contribution in [0.4, 0.5) is 5.69 Å². The molecule has 102 valence electrons. The van der Waals surface area contributed by atoms with E-state index in [9.17, 15) is 4.79 Å². The van der Waals surface area contributed by atoms with Gasteiger partial charge in [0.15, 0.2) is 5.78 Å². The lowest BCUT2D eigenvalue weighted by Crippen LogP contribution is -1.96. The van der Waals surface area contributed by atoms with E-state index in [0.29, 0.717) is 10.6 Å². The lowest BCUT2D eigenvalue weighted by molar-refractivity contribution is 0.104. The molecule has 2 nitrogen and oxygen atoms in total. The largest absolute Gasteiger partial charge is 0.362 e. The van der Waals surface area contributed by atoms with Crippen molar-refractivity contribution in [1.29, 1.82) is 0 Å². The number of benzene rings is 2. The predicted octanol–water partition coefficient (Wildman–Crippen LogP) is 5.22. The van der Waals surface area contributed by atoms with Gasteiger partial charge >= 0.3 is 0 Å². The summed E-state index contributed by atoms with van der Waals surface area (Å²) < 4.78 is 1.03. The molecule has 0 radical (unpaired) electrons. The summed E-state index contributed by atoms with van der Waals surface area (Å²) in [4.78, 5) is 11.9. The smallest absolute Gasteiger partial charge is 0.187 e. The number of anilines is 1. The Morgan fingerprint density at radius 2 is 1.90 bits per heavy atom. The van der Waals surface area contributed by atoms with E-state index in [2.05, 4.69) is 21.2 Å². The minimum absolute atomic E-state index is 0.0691.